The molecular weight excluding hydrogens is 258 g/mol. The summed E-state index contributed by atoms with van der Waals surface area (Å²) in [5, 5.41) is 9.51. The number of nitrogens with zero attached hydrogens (tertiary/aromatic N) is 2. The average Bonchev–Trinajstić information content (AvgIpc) is 2.85. The van der Waals surface area contributed by atoms with Crippen LogP contribution in [0.4, 0.5) is 0 Å². The van der Waals surface area contributed by atoms with E-state index in [0.717, 1.165) is 27.2 Å². The molecule has 0 aliphatic rings. The van der Waals surface area contributed by atoms with Crippen LogP contribution in [0.25, 0.3) is 16.6 Å². The Morgan fingerprint density at radius 2 is 2.00 bits per heavy atom. The SMILES string of the molecule is CNCc1c(Cl)cccc1-n1ncc2ccccc21. The van der Waals surface area contributed by atoms with Crippen LogP contribution in [0.2, 0.25) is 5.02 Å². The van der Waals surface area contributed by atoms with E-state index in [9.17, 15) is 0 Å². The highest BCUT2D eigenvalue weighted by molar-refractivity contribution is 6.31. The predicted octanol–water partition coefficient (Wildman–Crippen LogP) is 3.40. The van der Waals surface area contributed by atoms with E-state index in [4.69, 9.17) is 11.6 Å². The van der Waals surface area contributed by atoms with Gasteiger partial charge in [-0.05, 0) is 25.2 Å². The summed E-state index contributed by atoms with van der Waals surface area (Å²) in [6.07, 6.45) is 1.87. The molecule has 1 heterocycles. The van der Waals surface area contributed by atoms with E-state index in [1.54, 1.807) is 0 Å². The van der Waals surface area contributed by atoms with E-state index in [2.05, 4.69) is 22.5 Å². The summed E-state index contributed by atoms with van der Waals surface area (Å²) >= 11 is 6.30. The lowest BCUT2D eigenvalue weighted by Crippen LogP contribution is -2.10. The van der Waals surface area contributed by atoms with Crippen molar-refractivity contribution in [1.29, 1.82) is 0 Å². The molecule has 0 radical (unpaired) electrons. The summed E-state index contributed by atoms with van der Waals surface area (Å²) in [5.74, 6) is 0. The minimum absolute atomic E-state index is 0.712. The van der Waals surface area contributed by atoms with Gasteiger partial charge in [0.05, 0.1) is 17.4 Å². The molecule has 0 saturated carbocycles. The second-order valence-electron chi connectivity index (χ2n) is 4.38. The maximum atomic E-state index is 6.30. The first kappa shape index (κ1) is 12.2. The zero-order chi connectivity index (χ0) is 13.2. The zero-order valence-corrected chi connectivity index (χ0v) is 11.4. The molecule has 1 aromatic heterocycles. The lowest BCUT2D eigenvalue weighted by molar-refractivity contribution is 0.796. The van der Waals surface area contributed by atoms with Crippen LogP contribution in [-0.2, 0) is 6.54 Å². The van der Waals surface area contributed by atoms with Crippen LogP contribution in [0.15, 0.2) is 48.7 Å². The Morgan fingerprint density at radius 1 is 1.16 bits per heavy atom. The molecule has 3 rings (SSSR count). The van der Waals surface area contributed by atoms with Gasteiger partial charge in [0, 0.05) is 22.5 Å². The number of hydrogen-bond acceptors (Lipinski definition) is 2. The number of fused-ring (bicyclic) bond motifs is 1. The molecule has 0 aliphatic heterocycles. The monoisotopic (exact) mass is 271 g/mol. The Balaban J connectivity index is 2.24. The number of benzene rings is 2. The normalized spacial score (nSPS) is 11.1. The number of halogens is 1. The molecule has 0 bridgehead atoms. The summed E-state index contributed by atoms with van der Waals surface area (Å²) < 4.78 is 1.94. The maximum Gasteiger partial charge on any atom is 0.0741 e. The van der Waals surface area contributed by atoms with Crippen molar-refractivity contribution in [2.75, 3.05) is 7.05 Å². The Morgan fingerprint density at radius 3 is 2.84 bits per heavy atom. The van der Waals surface area contributed by atoms with Crippen LogP contribution >= 0.6 is 11.6 Å². The highest BCUT2D eigenvalue weighted by Gasteiger charge is 2.11. The standard InChI is InChI=1S/C15H14ClN3/c1-17-10-12-13(16)6-4-8-15(12)19-14-7-3-2-5-11(14)9-18-19/h2-9,17H,10H2,1H3. The van der Waals surface area contributed by atoms with Crippen LogP contribution in [-0.4, -0.2) is 16.8 Å². The Kier molecular flexibility index (Phi) is 3.23. The minimum atomic E-state index is 0.712. The molecule has 3 nitrogen and oxygen atoms in total. The summed E-state index contributed by atoms with van der Waals surface area (Å²) in [4.78, 5) is 0. The number of rotatable bonds is 3. The maximum absolute atomic E-state index is 6.30. The van der Waals surface area contributed by atoms with Crippen molar-refractivity contribution in [3.05, 3.63) is 59.2 Å². The van der Waals surface area contributed by atoms with Crippen LogP contribution < -0.4 is 5.32 Å². The van der Waals surface area contributed by atoms with Crippen LogP contribution in [0.1, 0.15) is 5.56 Å². The van der Waals surface area contributed by atoms with Gasteiger partial charge in [0.1, 0.15) is 0 Å². The van der Waals surface area contributed by atoms with Crippen molar-refractivity contribution in [1.82, 2.24) is 15.1 Å². The van der Waals surface area contributed by atoms with Crippen molar-refractivity contribution < 1.29 is 0 Å². The fourth-order valence-electron chi connectivity index (χ4n) is 2.26. The molecule has 2 aromatic carbocycles. The first-order valence-electron chi connectivity index (χ1n) is 6.16. The molecule has 0 unspecified atom stereocenters. The molecule has 0 amide bonds. The summed E-state index contributed by atoms with van der Waals surface area (Å²) in [6, 6.07) is 14.0. The van der Waals surface area contributed by atoms with Gasteiger partial charge in [0.2, 0.25) is 0 Å². The zero-order valence-electron chi connectivity index (χ0n) is 10.6. The first-order valence-corrected chi connectivity index (χ1v) is 6.54. The van der Waals surface area contributed by atoms with Gasteiger partial charge < -0.3 is 5.32 Å². The summed E-state index contributed by atoms with van der Waals surface area (Å²) in [5.41, 5.74) is 3.16. The van der Waals surface area contributed by atoms with Gasteiger partial charge in [-0.1, -0.05) is 35.9 Å². The van der Waals surface area contributed by atoms with Crippen LogP contribution in [0, 0.1) is 0 Å². The number of hydrogen-bond donors (Lipinski definition) is 1. The largest absolute Gasteiger partial charge is 0.316 e. The average molecular weight is 272 g/mol. The third-order valence-electron chi connectivity index (χ3n) is 3.15. The van der Waals surface area contributed by atoms with E-state index in [-0.39, 0.29) is 0 Å². The molecule has 0 fully saturated rings. The fourth-order valence-corrected chi connectivity index (χ4v) is 2.50. The highest BCUT2D eigenvalue weighted by Crippen LogP contribution is 2.25. The third-order valence-corrected chi connectivity index (χ3v) is 3.51. The second kappa shape index (κ2) is 5.03. The Labute approximate surface area is 116 Å². The third kappa shape index (κ3) is 2.11. The van der Waals surface area contributed by atoms with Crippen molar-refractivity contribution >= 4 is 22.5 Å². The smallest absolute Gasteiger partial charge is 0.0741 e. The number of nitrogens with one attached hydrogen (secondary N) is 1. The van der Waals surface area contributed by atoms with Crippen molar-refractivity contribution in [3.8, 4) is 5.69 Å². The van der Waals surface area contributed by atoms with Gasteiger partial charge in [-0.25, -0.2) is 4.68 Å². The summed E-state index contributed by atoms with van der Waals surface area (Å²) in [6.45, 7) is 0.712. The quantitative estimate of drug-likeness (QED) is 0.791. The molecule has 0 atom stereocenters. The Hall–Kier alpha value is -1.84. The van der Waals surface area contributed by atoms with Gasteiger partial charge in [-0.3, -0.25) is 0 Å². The van der Waals surface area contributed by atoms with Gasteiger partial charge in [-0.2, -0.15) is 5.10 Å². The number of aromatic nitrogens is 2. The fraction of sp³-hybridized carbons (Fsp3) is 0.133. The lowest BCUT2D eigenvalue weighted by atomic mass is 10.1. The van der Waals surface area contributed by atoms with Gasteiger partial charge in [0.15, 0.2) is 0 Å². The first-order chi connectivity index (χ1) is 9.31. The van der Waals surface area contributed by atoms with Gasteiger partial charge in [-0.15, -0.1) is 0 Å². The predicted molar refractivity (Wildman–Crippen MR) is 78.8 cm³/mol. The molecule has 19 heavy (non-hydrogen) atoms. The van der Waals surface area contributed by atoms with Crippen molar-refractivity contribution in [3.63, 3.8) is 0 Å². The van der Waals surface area contributed by atoms with E-state index in [1.807, 2.05) is 48.3 Å². The van der Waals surface area contributed by atoms with E-state index >= 15 is 0 Å². The molecule has 96 valence electrons. The molecule has 1 N–H and O–H groups in total. The molecule has 0 aliphatic carbocycles. The minimum Gasteiger partial charge on any atom is -0.316 e. The van der Waals surface area contributed by atoms with Crippen molar-refractivity contribution in [2.45, 2.75) is 6.54 Å². The van der Waals surface area contributed by atoms with Crippen LogP contribution in [0.3, 0.4) is 0 Å². The topological polar surface area (TPSA) is 29.9 Å². The van der Waals surface area contributed by atoms with Crippen molar-refractivity contribution in [2.24, 2.45) is 0 Å². The van der Waals surface area contributed by atoms with Crippen LogP contribution in [0.5, 0.6) is 0 Å². The van der Waals surface area contributed by atoms with Gasteiger partial charge >= 0.3 is 0 Å². The van der Waals surface area contributed by atoms with E-state index < -0.39 is 0 Å². The molecular formula is C15H14ClN3. The molecule has 0 saturated heterocycles. The molecule has 4 heteroatoms. The lowest BCUT2D eigenvalue weighted by Gasteiger charge is -2.12. The second-order valence-corrected chi connectivity index (χ2v) is 4.79. The van der Waals surface area contributed by atoms with Gasteiger partial charge in [0.25, 0.3) is 0 Å². The van der Waals surface area contributed by atoms with E-state index in [0.29, 0.717) is 6.54 Å². The summed E-state index contributed by atoms with van der Waals surface area (Å²) in [7, 11) is 1.91. The Bertz CT molecular complexity index is 718. The van der Waals surface area contributed by atoms with E-state index in [1.165, 1.54) is 0 Å². The highest BCUT2D eigenvalue weighted by atomic mass is 35.5. The molecule has 0 spiro atoms. The number of para-hydroxylation sites is 1. The molecule has 3 aromatic rings.